The number of amides is 1. The van der Waals surface area contributed by atoms with Crippen LogP contribution in [0.4, 0.5) is 0 Å². The number of rotatable bonds is 2. The molecule has 8 heteroatoms. The second kappa shape index (κ2) is 6.47. The molecule has 0 unspecified atom stereocenters. The molecule has 3 aromatic rings. The van der Waals surface area contributed by atoms with Crippen molar-refractivity contribution in [1.82, 2.24) is 19.7 Å². The number of fused-ring (bicyclic) bond motifs is 2. The van der Waals surface area contributed by atoms with Crippen LogP contribution in [-0.2, 0) is 17.6 Å². The minimum absolute atomic E-state index is 0.00548. The monoisotopic (exact) mass is 380 g/mol. The molecule has 1 saturated heterocycles. The number of benzene rings is 1. The number of Topliss-reactive ketones (excluding diaryl/α,β-unsaturated/α-hetero) is 1. The number of likely N-dealkylation sites (tertiary alicyclic amines) is 1. The van der Waals surface area contributed by atoms with E-state index >= 15 is 0 Å². The van der Waals surface area contributed by atoms with Crippen molar-refractivity contribution < 1.29 is 14.0 Å². The molecule has 8 nitrogen and oxygen atoms in total. The summed E-state index contributed by atoms with van der Waals surface area (Å²) in [5.41, 5.74) is 3.47. The lowest BCUT2D eigenvalue weighted by atomic mass is 9.94. The molecule has 2 aliphatic rings. The lowest BCUT2D eigenvalue weighted by molar-refractivity contribution is -0.118. The van der Waals surface area contributed by atoms with Crippen LogP contribution in [0.5, 0.6) is 0 Å². The molecule has 1 N–H and O–H groups in total. The molecule has 1 aromatic carbocycles. The third kappa shape index (κ3) is 2.67. The Morgan fingerprint density at radius 1 is 1.14 bits per heavy atom. The molecule has 1 fully saturated rings. The SMILES string of the molecule is O=C1CCc2c(C(=O)N3CCC(n4c(=O)oc5ccccc54)CC3)n[nH]c2C1. The number of aromatic nitrogens is 3. The molecule has 0 spiro atoms. The third-order valence-electron chi connectivity index (χ3n) is 5.82. The first-order chi connectivity index (χ1) is 13.6. The number of piperidine rings is 1. The van der Waals surface area contributed by atoms with E-state index in [9.17, 15) is 14.4 Å². The average Bonchev–Trinajstić information content (AvgIpc) is 3.27. The number of hydrogen-bond donors (Lipinski definition) is 1. The van der Waals surface area contributed by atoms with E-state index in [4.69, 9.17) is 4.42 Å². The molecule has 5 rings (SSSR count). The second-order valence-corrected chi connectivity index (χ2v) is 7.47. The number of hydrogen-bond acceptors (Lipinski definition) is 5. The van der Waals surface area contributed by atoms with Crippen LogP contribution in [0.15, 0.2) is 33.5 Å². The minimum Gasteiger partial charge on any atom is -0.408 e. The Hall–Kier alpha value is -3.16. The highest BCUT2D eigenvalue weighted by atomic mass is 16.4. The van der Waals surface area contributed by atoms with E-state index in [-0.39, 0.29) is 23.5 Å². The molecule has 0 radical (unpaired) electrons. The van der Waals surface area contributed by atoms with Crippen LogP contribution in [0.3, 0.4) is 0 Å². The smallest absolute Gasteiger partial charge is 0.408 e. The molecule has 1 aliphatic heterocycles. The highest BCUT2D eigenvalue weighted by molar-refractivity contribution is 5.95. The second-order valence-electron chi connectivity index (χ2n) is 7.47. The third-order valence-corrected chi connectivity index (χ3v) is 5.82. The molecule has 28 heavy (non-hydrogen) atoms. The Morgan fingerprint density at radius 2 is 1.93 bits per heavy atom. The molecule has 1 aliphatic carbocycles. The van der Waals surface area contributed by atoms with Crippen LogP contribution in [0.25, 0.3) is 11.1 Å². The fourth-order valence-corrected chi connectivity index (χ4v) is 4.35. The lowest BCUT2D eigenvalue weighted by Gasteiger charge is -2.32. The summed E-state index contributed by atoms with van der Waals surface area (Å²) in [6, 6.07) is 7.41. The van der Waals surface area contributed by atoms with Gasteiger partial charge in [0.15, 0.2) is 11.3 Å². The zero-order valence-corrected chi connectivity index (χ0v) is 15.3. The predicted octanol–water partition coefficient (Wildman–Crippen LogP) is 1.85. The lowest BCUT2D eigenvalue weighted by Crippen LogP contribution is -2.40. The summed E-state index contributed by atoms with van der Waals surface area (Å²) in [5, 5.41) is 7.05. The van der Waals surface area contributed by atoms with Gasteiger partial charge in [-0.05, 0) is 31.4 Å². The van der Waals surface area contributed by atoms with E-state index in [0.717, 1.165) is 16.8 Å². The van der Waals surface area contributed by atoms with Gasteiger partial charge in [-0.15, -0.1) is 0 Å². The first-order valence-corrected chi connectivity index (χ1v) is 9.59. The van der Waals surface area contributed by atoms with E-state index in [1.807, 2.05) is 18.2 Å². The largest absolute Gasteiger partial charge is 0.420 e. The van der Waals surface area contributed by atoms with Gasteiger partial charge in [-0.2, -0.15) is 5.10 Å². The van der Waals surface area contributed by atoms with Gasteiger partial charge in [-0.3, -0.25) is 19.3 Å². The maximum Gasteiger partial charge on any atom is 0.420 e. The summed E-state index contributed by atoms with van der Waals surface area (Å²) in [6.07, 6.45) is 2.72. The topological polar surface area (TPSA) is 101 Å². The fraction of sp³-hybridized carbons (Fsp3) is 0.400. The number of ketones is 1. The number of aromatic amines is 1. The quantitative estimate of drug-likeness (QED) is 0.731. The van der Waals surface area contributed by atoms with Gasteiger partial charge in [0.05, 0.1) is 5.52 Å². The van der Waals surface area contributed by atoms with Crippen molar-refractivity contribution >= 4 is 22.8 Å². The van der Waals surface area contributed by atoms with Crippen LogP contribution < -0.4 is 5.76 Å². The number of carbonyl (C=O) groups excluding carboxylic acids is 2. The normalized spacial score (nSPS) is 17.9. The van der Waals surface area contributed by atoms with Crippen molar-refractivity contribution in [3.8, 4) is 0 Å². The highest BCUT2D eigenvalue weighted by Crippen LogP contribution is 2.28. The van der Waals surface area contributed by atoms with Gasteiger partial charge in [-0.1, -0.05) is 12.1 Å². The Bertz CT molecular complexity index is 1130. The number of nitrogens with one attached hydrogen (secondary N) is 1. The van der Waals surface area contributed by atoms with Crippen molar-refractivity contribution in [2.45, 2.75) is 38.1 Å². The summed E-state index contributed by atoms with van der Waals surface area (Å²) in [7, 11) is 0. The zero-order chi connectivity index (χ0) is 19.3. The van der Waals surface area contributed by atoms with Crippen molar-refractivity contribution in [1.29, 1.82) is 0 Å². The average molecular weight is 380 g/mol. The molecule has 0 bridgehead atoms. The summed E-state index contributed by atoms with van der Waals surface area (Å²) in [6.45, 7) is 1.10. The molecule has 2 aromatic heterocycles. The van der Waals surface area contributed by atoms with Crippen LogP contribution in [0.1, 0.15) is 47.1 Å². The van der Waals surface area contributed by atoms with Crippen molar-refractivity contribution in [3.05, 3.63) is 51.8 Å². The molecule has 0 atom stereocenters. The fourth-order valence-electron chi connectivity index (χ4n) is 4.35. The molecule has 0 saturated carbocycles. The van der Waals surface area contributed by atoms with E-state index in [0.29, 0.717) is 56.5 Å². The van der Waals surface area contributed by atoms with Gasteiger partial charge in [0.2, 0.25) is 0 Å². The first kappa shape index (κ1) is 17.0. The van der Waals surface area contributed by atoms with E-state index in [1.54, 1.807) is 15.5 Å². The van der Waals surface area contributed by atoms with Gasteiger partial charge >= 0.3 is 5.76 Å². The van der Waals surface area contributed by atoms with E-state index < -0.39 is 0 Å². The number of para-hydroxylation sites is 2. The van der Waals surface area contributed by atoms with Gasteiger partial charge in [-0.25, -0.2) is 4.79 Å². The summed E-state index contributed by atoms with van der Waals surface area (Å²) in [4.78, 5) is 38.6. The molecular formula is C20H20N4O4. The Morgan fingerprint density at radius 3 is 2.75 bits per heavy atom. The molecule has 3 heterocycles. The van der Waals surface area contributed by atoms with Gasteiger partial charge in [0.25, 0.3) is 5.91 Å². The van der Waals surface area contributed by atoms with Gasteiger partial charge in [0, 0.05) is 43.2 Å². The van der Waals surface area contributed by atoms with Crippen LogP contribution in [-0.4, -0.2) is 44.4 Å². The zero-order valence-electron chi connectivity index (χ0n) is 15.3. The molecule has 144 valence electrons. The van der Waals surface area contributed by atoms with Crippen molar-refractivity contribution in [3.63, 3.8) is 0 Å². The minimum atomic E-state index is -0.350. The van der Waals surface area contributed by atoms with Crippen molar-refractivity contribution in [2.24, 2.45) is 0 Å². The number of oxazole rings is 1. The Labute approximate surface area is 160 Å². The standard InChI is InChI=1S/C20H20N4O4/c25-13-5-6-14-15(11-13)21-22-18(14)19(26)23-9-7-12(8-10-23)24-16-3-1-2-4-17(16)28-20(24)27/h1-4,12H,5-11H2,(H,21,22). The first-order valence-electron chi connectivity index (χ1n) is 9.59. The van der Waals surface area contributed by atoms with Crippen molar-refractivity contribution in [2.75, 3.05) is 13.1 Å². The number of H-pyrrole nitrogens is 1. The van der Waals surface area contributed by atoms with E-state index in [2.05, 4.69) is 10.2 Å². The Kier molecular flexibility index (Phi) is 3.92. The number of carbonyl (C=O) groups is 2. The van der Waals surface area contributed by atoms with Crippen LogP contribution >= 0.6 is 0 Å². The summed E-state index contributed by atoms with van der Waals surface area (Å²) in [5.74, 6) is -0.277. The molecular weight excluding hydrogens is 360 g/mol. The highest BCUT2D eigenvalue weighted by Gasteiger charge is 2.31. The summed E-state index contributed by atoms with van der Waals surface area (Å²) < 4.78 is 7.05. The Balaban J connectivity index is 1.34. The number of nitrogens with zero attached hydrogens (tertiary/aromatic N) is 3. The molecule has 1 amide bonds. The van der Waals surface area contributed by atoms with Crippen LogP contribution in [0.2, 0.25) is 0 Å². The maximum atomic E-state index is 13.0. The van der Waals surface area contributed by atoms with E-state index in [1.165, 1.54) is 0 Å². The predicted molar refractivity (Wildman–Crippen MR) is 100 cm³/mol. The van der Waals surface area contributed by atoms with Crippen LogP contribution in [0, 0.1) is 0 Å². The maximum absolute atomic E-state index is 13.0. The van der Waals surface area contributed by atoms with Gasteiger partial charge < -0.3 is 9.32 Å². The summed E-state index contributed by atoms with van der Waals surface area (Å²) >= 11 is 0. The van der Waals surface area contributed by atoms with Gasteiger partial charge in [0.1, 0.15) is 5.78 Å².